The van der Waals surface area contributed by atoms with Crippen molar-refractivity contribution in [2.75, 3.05) is 19.7 Å². The summed E-state index contributed by atoms with van der Waals surface area (Å²) >= 11 is 0. The van der Waals surface area contributed by atoms with Crippen molar-refractivity contribution in [1.82, 2.24) is 14.9 Å². The van der Waals surface area contributed by atoms with Gasteiger partial charge in [-0.25, -0.2) is 19.6 Å². The quantitative estimate of drug-likeness (QED) is 0.832. The van der Waals surface area contributed by atoms with Crippen LogP contribution in [0.1, 0.15) is 50.4 Å². The third kappa shape index (κ3) is 4.91. The lowest BCUT2D eigenvalue weighted by Crippen LogP contribution is -2.42. The van der Waals surface area contributed by atoms with Gasteiger partial charge in [-0.1, -0.05) is 0 Å². The third-order valence-corrected chi connectivity index (χ3v) is 3.44. The van der Waals surface area contributed by atoms with Crippen molar-refractivity contribution in [2.45, 2.75) is 39.7 Å². The molecular formula is C17H24N4O4. The second-order valence-electron chi connectivity index (χ2n) is 6.64. The highest BCUT2D eigenvalue weighted by molar-refractivity contribution is 5.87. The highest BCUT2D eigenvalue weighted by Gasteiger charge is 2.27. The Labute approximate surface area is 147 Å². The summed E-state index contributed by atoms with van der Waals surface area (Å²) < 4.78 is 10.3. The summed E-state index contributed by atoms with van der Waals surface area (Å²) in [6.07, 6.45) is 1.57. The molecule has 0 aliphatic carbocycles. The minimum absolute atomic E-state index is 0.182. The van der Waals surface area contributed by atoms with Crippen LogP contribution in [0.15, 0.2) is 18.0 Å². The van der Waals surface area contributed by atoms with E-state index in [0.29, 0.717) is 24.5 Å². The highest BCUT2D eigenvalue weighted by atomic mass is 16.6. The largest absolute Gasteiger partial charge is 0.461 e. The minimum Gasteiger partial charge on any atom is -0.461 e. The molecule has 8 nitrogen and oxygen atoms in total. The highest BCUT2D eigenvalue weighted by Crippen LogP contribution is 2.24. The number of esters is 1. The summed E-state index contributed by atoms with van der Waals surface area (Å²) in [4.78, 5) is 33.9. The van der Waals surface area contributed by atoms with Crippen LogP contribution in [0.5, 0.6) is 0 Å². The third-order valence-electron chi connectivity index (χ3n) is 3.44. The van der Waals surface area contributed by atoms with Gasteiger partial charge in [-0.05, 0) is 40.2 Å². The van der Waals surface area contributed by atoms with E-state index in [4.69, 9.17) is 15.2 Å². The van der Waals surface area contributed by atoms with Gasteiger partial charge >= 0.3 is 12.1 Å². The van der Waals surface area contributed by atoms with Gasteiger partial charge in [0.05, 0.1) is 13.2 Å². The van der Waals surface area contributed by atoms with Crippen molar-refractivity contribution in [1.29, 1.82) is 0 Å². The molecule has 8 heteroatoms. The zero-order valence-electron chi connectivity index (χ0n) is 15.0. The van der Waals surface area contributed by atoms with Gasteiger partial charge in [-0.2, -0.15) is 0 Å². The molecule has 0 unspecified atom stereocenters. The summed E-state index contributed by atoms with van der Waals surface area (Å²) in [5.74, 6) is -0.122. The topological polar surface area (TPSA) is 108 Å². The van der Waals surface area contributed by atoms with Crippen LogP contribution in [0.25, 0.3) is 5.57 Å². The van der Waals surface area contributed by atoms with E-state index in [1.54, 1.807) is 11.8 Å². The first-order valence-corrected chi connectivity index (χ1v) is 8.17. The van der Waals surface area contributed by atoms with Gasteiger partial charge in [0.2, 0.25) is 0 Å². The van der Waals surface area contributed by atoms with Crippen molar-refractivity contribution in [3.63, 3.8) is 0 Å². The molecule has 0 aromatic carbocycles. The van der Waals surface area contributed by atoms with Crippen molar-refractivity contribution in [3.8, 4) is 0 Å². The number of carbonyl (C=O) groups is 2. The van der Waals surface area contributed by atoms with Crippen molar-refractivity contribution < 1.29 is 19.1 Å². The summed E-state index contributed by atoms with van der Waals surface area (Å²) in [5.41, 5.74) is 6.95. The van der Waals surface area contributed by atoms with Gasteiger partial charge in [0, 0.05) is 24.0 Å². The van der Waals surface area contributed by atoms with Crippen molar-refractivity contribution >= 4 is 17.6 Å². The number of ether oxygens (including phenoxy) is 2. The Morgan fingerprint density at radius 2 is 2.08 bits per heavy atom. The lowest BCUT2D eigenvalue weighted by molar-refractivity contribution is 0.0263. The summed E-state index contributed by atoms with van der Waals surface area (Å²) in [6, 6.07) is 1.49. The standard InChI is InChI=1S/C17H24N4O4/c1-5-24-15(22)13-6-8-19-14(20-13)11-7-9-21(10-12(11)18)16(23)25-17(2,3)4/h6,8H,5,7,9-10,18H2,1-4H3. The van der Waals surface area contributed by atoms with E-state index < -0.39 is 17.7 Å². The molecule has 1 aliphatic rings. The average molecular weight is 348 g/mol. The van der Waals surface area contributed by atoms with Crippen LogP contribution in [-0.2, 0) is 9.47 Å². The number of nitrogens with two attached hydrogens (primary N) is 1. The molecule has 0 bridgehead atoms. The normalized spacial score (nSPS) is 15.1. The van der Waals surface area contributed by atoms with Crippen LogP contribution in [-0.4, -0.2) is 52.2 Å². The number of hydrogen-bond acceptors (Lipinski definition) is 7. The Kier molecular flexibility index (Phi) is 5.61. The number of nitrogens with zero attached hydrogens (tertiary/aromatic N) is 3. The molecule has 1 aromatic rings. The molecule has 0 radical (unpaired) electrons. The summed E-state index contributed by atoms with van der Waals surface area (Å²) in [7, 11) is 0. The van der Waals surface area contributed by atoms with E-state index >= 15 is 0 Å². The molecule has 0 spiro atoms. The smallest absolute Gasteiger partial charge is 0.410 e. The molecule has 2 N–H and O–H groups in total. The molecular weight excluding hydrogens is 324 g/mol. The molecule has 0 saturated carbocycles. The van der Waals surface area contributed by atoms with Crippen molar-refractivity contribution in [2.24, 2.45) is 5.73 Å². The first-order valence-electron chi connectivity index (χ1n) is 8.17. The zero-order chi connectivity index (χ0) is 18.6. The lowest BCUT2D eigenvalue weighted by atomic mass is 10.0. The van der Waals surface area contributed by atoms with Crippen LogP contribution in [0.3, 0.4) is 0 Å². The SMILES string of the molecule is CCOC(=O)c1ccnc(C2=C(N)CN(C(=O)OC(C)(C)C)CC2)n1. The number of rotatable bonds is 3. The first-order chi connectivity index (χ1) is 11.7. The van der Waals surface area contributed by atoms with Crippen LogP contribution in [0.4, 0.5) is 4.79 Å². The zero-order valence-corrected chi connectivity index (χ0v) is 15.0. The van der Waals surface area contributed by atoms with E-state index in [2.05, 4.69) is 9.97 Å². The number of amides is 1. The monoisotopic (exact) mass is 348 g/mol. The lowest BCUT2D eigenvalue weighted by Gasteiger charge is -2.31. The second kappa shape index (κ2) is 7.50. The minimum atomic E-state index is -0.563. The van der Waals surface area contributed by atoms with Gasteiger partial charge in [0.15, 0.2) is 11.5 Å². The molecule has 25 heavy (non-hydrogen) atoms. The van der Waals surface area contributed by atoms with Crippen LogP contribution in [0.2, 0.25) is 0 Å². The Hall–Kier alpha value is -2.64. The maximum absolute atomic E-state index is 12.2. The van der Waals surface area contributed by atoms with E-state index in [1.165, 1.54) is 12.3 Å². The fourth-order valence-corrected chi connectivity index (χ4v) is 2.35. The number of aromatic nitrogens is 2. The molecule has 1 aliphatic heterocycles. The Morgan fingerprint density at radius 1 is 1.36 bits per heavy atom. The Bertz CT molecular complexity index is 694. The molecule has 1 amide bonds. The van der Waals surface area contributed by atoms with Gasteiger partial charge in [0.1, 0.15) is 5.60 Å². The average Bonchev–Trinajstić information content (AvgIpc) is 2.53. The van der Waals surface area contributed by atoms with E-state index in [-0.39, 0.29) is 18.8 Å². The van der Waals surface area contributed by atoms with Gasteiger partial charge < -0.3 is 20.1 Å². The predicted molar refractivity (Wildman–Crippen MR) is 91.5 cm³/mol. The fourth-order valence-electron chi connectivity index (χ4n) is 2.35. The fraction of sp³-hybridized carbons (Fsp3) is 0.529. The molecule has 0 saturated heterocycles. The predicted octanol–water partition coefficient (Wildman–Crippen LogP) is 1.96. The molecule has 1 aromatic heterocycles. The summed E-state index contributed by atoms with van der Waals surface area (Å²) in [5, 5.41) is 0. The van der Waals surface area contributed by atoms with Gasteiger partial charge in [0.25, 0.3) is 0 Å². The number of hydrogen-bond donors (Lipinski definition) is 1. The molecule has 0 atom stereocenters. The molecule has 2 heterocycles. The van der Waals surface area contributed by atoms with Crippen molar-refractivity contribution in [3.05, 3.63) is 29.5 Å². The van der Waals surface area contributed by atoms with Crippen LogP contribution in [0, 0.1) is 0 Å². The Balaban J connectivity index is 2.16. The second-order valence-corrected chi connectivity index (χ2v) is 6.64. The maximum Gasteiger partial charge on any atom is 0.410 e. The number of carbonyl (C=O) groups excluding carboxylic acids is 2. The molecule has 136 valence electrons. The van der Waals surface area contributed by atoms with E-state index in [1.807, 2.05) is 20.8 Å². The van der Waals surface area contributed by atoms with Crippen LogP contribution >= 0.6 is 0 Å². The van der Waals surface area contributed by atoms with E-state index in [9.17, 15) is 9.59 Å². The first kappa shape index (κ1) is 18.7. The molecule has 0 fully saturated rings. The van der Waals surface area contributed by atoms with Gasteiger partial charge in [-0.15, -0.1) is 0 Å². The van der Waals surface area contributed by atoms with Crippen LogP contribution < -0.4 is 5.73 Å². The summed E-state index contributed by atoms with van der Waals surface area (Å²) in [6.45, 7) is 8.12. The van der Waals surface area contributed by atoms with Gasteiger partial charge in [-0.3, -0.25) is 0 Å². The maximum atomic E-state index is 12.2. The van der Waals surface area contributed by atoms with E-state index in [0.717, 1.165) is 5.57 Å². The molecule has 2 rings (SSSR count). The Morgan fingerprint density at radius 3 is 2.68 bits per heavy atom.